The van der Waals surface area contributed by atoms with Crippen molar-refractivity contribution in [1.82, 2.24) is 4.90 Å². The van der Waals surface area contributed by atoms with E-state index in [9.17, 15) is 4.79 Å². The van der Waals surface area contributed by atoms with Gasteiger partial charge in [0.15, 0.2) is 11.5 Å². The van der Waals surface area contributed by atoms with Gasteiger partial charge in [0.25, 0.3) is 0 Å². The van der Waals surface area contributed by atoms with Gasteiger partial charge >= 0.3 is 5.97 Å². The highest BCUT2D eigenvalue weighted by atomic mass is 16.5. The van der Waals surface area contributed by atoms with Gasteiger partial charge in [-0.3, -0.25) is 4.99 Å². The summed E-state index contributed by atoms with van der Waals surface area (Å²) in [6.07, 6.45) is 5.57. The summed E-state index contributed by atoms with van der Waals surface area (Å²) < 4.78 is 5.16. The van der Waals surface area contributed by atoms with Crippen LogP contribution in [0.2, 0.25) is 0 Å². The molecule has 5 nitrogen and oxygen atoms in total. The summed E-state index contributed by atoms with van der Waals surface area (Å²) in [5.74, 6) is -0.705. The van der Waals surface area contributed by atoms with Crippen molar-refractivity contribution >= 4 is 11.7 Å². The molecule has 0 spiro atoms. The smallest absolute Gasteiger partial charge is 0.356 e. The van der Waals surface area contributed by atoms with E-state index in [2.05, 4.69) is 4.99 Å². The Kier molecular flexibility index (Phi) is 2.52. The first kappa shape index (κ1) is 10.5. The Bertz CT molecular complexity index is 458. The number of carbonyl (C=O) groups is 1. The summed E-state index contributed by atoms with van der Waals surface area (Å²) in [6, 6.07) is 0. The predicted molar refractivity (Wildman–Crippen MR) is 59.0 cm³/mol. The molecule has 2 heterocycles. The minimum absolute atomic E-state index is 0.111. The molecule has 84 valence electrons. The number of aliphatic carboxylic acids is 1. The number of nitrogens with zero attached hydrogens (tertiary/aromatic N) is 2. The molecule has 2 aliphatic rings. The van der Waals surface area contributed by atoms with Crippen molar-refractivity contribution < 1.29 is 14.6 Å². The maximum absolute atomic E-state index is 11.1. The number of ether oxygens (including phenoxy) is 1. The number of dihydropyridines is 1. The van der Waals surface area contributed by atoms with Crippen LogP contribution in [-0.4, -0.2) is 42.4 Å². The number of carboxylic acid groups (broad SMARTS) is 1. The molecule has 0 bridgehead atoms. The van der Waals surface area contributed by atoms with Crippen LogP contribution in [0.25, 0.3) is 0 Å². The minimum Gasteiger partial charge on any atom is -0.492 e. The highest BCUT2D eigenvalue weighted by molar-refractivity contribution is 6.17. The van der Waals surface area contributed by atoms with E-state index in [1.54, 1.807) is 13.2 Å². The summed E-state index contributed by atoms with van der Waals surface area (Å²) >= 11 is 0. The van der Waals surface area contributed by atoms with E-state index < -0.39 is 5.97 Å². The molecule has 0 aromatic carbocycles. The normalized spacial score (nSPS) is 19.0. The van der Waals surface area contributed by atoms with Crippen LogP contribution >= 0.6 is 0 Å². The molecule has 0 saturated carbocycles. The molecule has 5 heteroatoms. The fourth-order valence-corrected chi connectivity index (χ4v) is 1.79. The zero-order valence-corrected chi connectivity index (χ0v) is 9.10. The van der Waals surface area contributed by atoms with E-state index in [0.717, 1.165) is 5.57 Å². The van der Waals surface area contributed by atoms with Crippen molar-refractivity contribution in [2.45, 2.75) is 0 Å². The number of methoxy groups -OCH3 is 1. The first-order chi connectivity index (χ1) is 7.65. The topological polar surface area (TPSA) is 62.1 Å². The third kappa shape index (κ3) is 1.50. The van der Waals surface area contributed by atoms with Crippen molar-refractivity contribution in [2.24, 2.45) is 4.99 Å². The van der Waals surface area contributed by atoms with Gasteiger partial charge in [-0.15, -0.1) is 0 Å². The van der Waals surface area contributed by atoms with E-state index >= 15 is 0 Å². The lowest BCUT2D eigenvalue weighted by Crippen LogP contribution is -2.30. The number of rotatable bonds is 2. The number of carboxylic acids is 1. The number of allylic oxidation sites excluding steroid dienone is 2. The van der Waals surface area contributed by atoms with Crippen LogP contribution in [0.4, 0.5) is 0 Å². The largest absolute Gasteiger partial charge is 0.492 e. The molecule has 0 amide bonds. The summed E-state index contributed by atoms with van der Waals surface area (Å²) in [5, 5.41) is 9.12. The lowest BCUT2D eigenvalue weighted by molar-refractivity contribution is -0.134. The van der Waals surface area contributed by atoms with Crippen molar-refractivity contribution in [2.75, 3.05) is 20.7 Å². The first-order valence-corrected chi connectivity index (χ1v) is 4.83. The Labute approximate surface area is 93.0 Å². The molecule has 2 aliphatic heterocycles. The molecule has 2 rings (SSSR count). The lowest BCUT2D eigenvalue weighted by atomic mass is 10.0. The minimum atomic E-state index is -1.02. The maximum Gasteiger partial charge on any atom is 0.356 e. The van der Waals surface area contributed by atoms with Crippen LogP contribution in [0, 0.1) is 0 Å². The van der Waals surface area contributed by atoms with Crippen molar-refractivity contribution in [1.29, 1.82) is 0 Å². The van der Waals surface area contributed by atoms with Crippen molar-refractivity contribution in [3.8, 4) is 0 Å². The van der Waals surface area contributed by atoms with Gasteiger partial charge in [0, 0.05) is 18.8 Å². The maximum atomic E-state index is 11.1. The molecular weight excluding hydrogens is 208 g/mol. The molecule has 0 aromatic rings. The average Bonchev–Trinajstić information content (AvgIpc) is 2.26. The highest BCUT2D eigenvalue weighted by Crippen LogP contribution is 2.25. The second kappa shape index (κ2) is 3.84. The van der Waals surface area contributed by atoms with Crippen LogP contribution in [0.1, 0.15) is 0 Å². The zero-order chi connectivity index (χ0) is 11.7. The van der Waals surface area contributed by atoms with Gasteiger partial charge in [-0.2, -0.15) is 0 Å². The fourth-order valence-electron chi connectivity index (χ4n) is 1.79. The Balaban J connectivity index is 2.55. The van der Waals surface area contributed by atoms with Gasteiger partial charge in [0.2, 0.25) is 0 Å². The molecule has 0 fully saturated rings. The molecule has 0 saturated heterocycles. The monoisotopic (exact) mass is 220 g/mol. The van der Waals surface area contributed by atoms with E-state index in [4.69, 9.17) is 9.84 Å². The average molecular weight is 220 g/mol. The van der Waals surface area contributed by atoms with Crippen LogP contribution in [0.15, 0.2) is 40.4 Å². The van der Waals surface area contributed by atoms with Crippen LogP contribution < -0.4 is 0 Å². The fraction of sp³-hybridized carbons (Fsp3) is 0.273. The number of fused-ring (bicyclic) bond motifs is 1. The highest BCUT2D eigenvalue weighted by Gasteiger charge is 2.29. The SMILES string of the molecule is COC1=C(C(=O)O)N(C)C=C2C=CCN=C21. The van der Waals surface area contributed by atoms with Gasteiger partial charge in [0.05, 0.1) is 13.7 Å². The van der Waals surface area contributed by atoms with Gasteiger partial charge in [0.1, 0.15) is 5.71 Å². The lowest BCUT2D eigenvalue weighted by Gasteiger charge is -2.26. The van der Waals surface area contributed by atoms with Crippen LogP contribution in [-0.2, 0) is 9.53 Å². The third-order valence-electron chi connectivity index (χ3n) is 2.45. The van der Waals surface area contributed by atoms with Gasteiger partial charge < -0.3 is 14.7 Å². The van der Waals surface area contributed by atoms with Gasteiger partial charge in [-0.25, -0.2) is 4.79 Å². The molecular formula is C11H12N2O3. The zero-order valence-electron chi connectivity index (χ0n) is 9.10. The van der Waals surface area contributed by atoms with Crippen LogP contribution in [0.5, 0.6) is 0 Å². The van der Waals surface area contributed by atoms with Crippen molar-refractivity contribution in [3.05, 3.63) is 35.4 Å². The second-order valence-electron chi connectivity index (χ2n) is 3.47. The van der Waals surface area contributed by atoms with Gasteiger partial charge in [-0.1, -0.05) is 12.2 Å². The summed E-state index contributed by atoms with van der Waals surface area (Å²) in [4.78, 5) is 16.9. The molecule has 1 N–H and O–H groups in total. The Morgan fingerprint density at radius 1 is 1.62 bits per heavy atom. The van der Waals surface area contributed by atoms with Crippen LogP contribution in [0.3, 0.4) is 0 Å². The van der Waals surface area contributed by atoms with E-state index in [1.165, 1.54) is 12.0 Å². The number of hydrogen-bond acceptors (Lipinski definition) is 4. The quantitative estimate of drug-likeness (QED) is 0.746. The summed E-state index contributed by atoms with van der Waals surface area (Å²) in [6.45, 7) is 0.552. The molecule has 16 heavy (non-hydrogen) atoms. The molecule has 0 radical (unpaired) electrons. The van der Waals surface area contributed by atoms with E-state index in [1.807, 2.05) is 12.2 Å². The number of hydrogen-bond donors (Lipinski definition) is 1. The molecule has 0 aliphatic carbocycles. The number of likely N-dealkylation sites (N-methyl/N-ethyl adjacent to an activating group) is 1. The van der Waals surface area contributed by atoms with Crippen molar-refractivity contribution in [3.63, 3.8) is 0 Å². The molecule has 0 aromatic heterocycles. The Morgan fingerprint density at radius 2 is 2.38 bits per heavy atom. The van der Waals surface area contributed by atoms with E-state index in [0.29, 0.717) is 18.0 Å². The Morgan fingerprint density at radius 3 is 3.00 bits per heavy atom. The standard InChI is InChI=1S/C11H12N2O3/c1-13-6-7-4-3-5-12-8(7)10(16-2)9(13)11(14)15/h3-4,6H,5H2,1-2H3,(H,14,15). The second-order valence-corrected chi connectivity index (χ2v) is 3.47. The predicted octanol–water partition coefficient (Wildman–Crippen LogP) is 0.769. The molecule has 0 atom stereocenters. The molecule has 0 unspecified atom stereocenters. The summed E-state index contributed by atoms with van der Waals surface area (Å²) in [5.41, 5.74) is 1.59. The third-order valence-corrected chi connectivity index (χ3v) is 2.45. The number of aliphatic imine (C=N–C) groups is 1. The summed E-state index contributed by atoms with van der Waals surface area (Å²) in [7, 11) is 3.13. The Hall–Kier alpha value is -2.04. The van der Waals surface area contributed by atoms with Gasteiger partial charge in [-0.05, 0) is 0 Å². The van der Waals surface area contributed by atoms with E-state index in [-0.39, 0.29) is 5.70 Å². The first-order valence-electron chi connectivity index (χ1n) is 4.83.